The molecule has 11 heteroatoms. The van der Waals surface area contributed by atoms with Crippen molar-refractivity contribution in [3.8, 4) is 0 Å². The molecule has 0 bridgehead atoms. The van der Waals surface area contributed by atoms with Gasteiger partial charge in [-0.3, -0.25) is 19.8 Å². The van der Waals surface area contributed by atoms with E-state index in [1.165, 1.54) is 13.8 Å². The molecule has 228 valence electrons. The highest BCUT2D eigenvalue weighted by Gasteiger charge is 2.47. The number of pyridine rings is 2. The Morgan fingerprint density at radius 1 is 1.07 bits per heavy atom. The third-order valence-electron chi connectivity index (χ3n) is 6.40. The van der Waals surface area contributed by atoms with E-state index in [1.807, 2.05) is 56.7 Å². The predicted octanol–water partition coefficient (Wildman–Crippen LogP) is 1.82. The van der Waals surface area contributed by atoms with Crippen LogP contribution in [0.4, 0.5) is 0 Å². The number of nitrogens with zero attached hydrogens (tertiary/aromatic N) is 4. The van der Waals surface area contributed by atoms with Gasteiger partial charge in [0.05, 0.1) is 17.5 Å². The molecule has 0 saturated carbocycles. The summed E-state index contributed by atoms with van der Waals surface area (Å²) >= 11 is 0. The van der Waals surface area contributed by atoms with Gasteiger partial charge in [0.25, 0.3) is 0 Å². The molecule has 2 fully saturated rings. The van der Waals surface area contributed by atoms with E-state index in [0.29, 0.717) is 19.7 Å². The maximum absolute atomic E-state index is 8.08. The zero-order valence-electron chi connectivity index (χ0n) is 25.1. The van der Waals surface area contributed by atoms with Crippen LogP contribution >= 0.6 is 0 Å². The summed E-state index contributed by atoms with van der Waals surface area (Å²) < 4.78 is 18.0. The summed E-state index contributed by atoms with van der Waals surface area (Å²) in [5.74, 6) is -2.06. The van der Waals surface area contributed by atoms with E-state index in [-0.39, 0.29) is 18.3 Å². The van der Waals surface area contributed by atoms with Gasteiger partial charge in [-0.1, -0.05) is 12.1 Å². The molecule has 2 aromatic heterocycles. The first kappa shape index (κ1) is 32.9. The SMILES string of the molecule is CC(C)(O)O.CN(CCN(Cc1ccccn1)Cc1ccccn1)C/C(N)=C/NCC1OCCC2OC(C)(C)OC12. The molecule has 4 rings (SSSR count). The second-order valence-corrected chi connectivity index (χ2v) is 11.5. The Bertz CT molecular complexity index is 1000. The van der Waals surface area contributed by atoms with Crippen LogP contribution in [0.2, 0.25) is 0 Å². The van der Waals surface area contributed by atoms with E-state index < -0.39 is 11.6 Å². The maximum Gasteiger partial charge on any atom is 0.163 e. The second kappa shape index (κ2) is 15.5. The Labute approximate surface area is 244 Å². The molecule has 5 N–H and O–H groups in total. The van der Waals surface area contributed by atoms with Gasteiger partial charge in [-0.2, -0.15) is 0 Å². The van der Waals surface area contributed by atoms with Crippen molar-refractivity contribution in [1.82, 2.24) is 25.1 Å². The molecule has 0 aromatic carbocycles. The number of ether oxygens (including phenoxy) is 3. The Balaban J connectivity index is 0.000000850. The number of aromatic nitrogens is 2. The highest BCUT2D eigenvalue weighted by Crippen LogP contribution is 2.34. The Morgan fingerprint density at radius 3 is 2.24 bits per heavy atom. The lowest BCUT2D eigenvalue weighted by molar-refractivity contribution is -0.153. The summed E-state index contributed by atoms with van der Waals surface area (Å²) in [6, 6.07) is 12.1. The molecule has 2 saturated heterocycles. The Kier molecular flexibility index (Phi) is 12.5. The molecule has 41 heavy (non-hydrogen) atoms. The van der Waals surface area contributed by atoms with Crippen molar-refractivity contribution in [3.05, 3.63) is 72.1 Å². The van der Waals surface area contributed by atoms with Crippen LogP contribution in [0.1, 0.15) is 45.5 Å². The predicted molar refractivity (Wildman–Crippen MR) is 157 cm³/mol. The highest BCUT2D eigenvalue weighted by molar-refractivity contribution is 5.06. The van der Waals surface area contributed by atoms with Gasteiger partial charge in [-0.05, 0) is 65.4 Å². The van der Waals surface area contributed by atoms with Crippen LogP contribution in [-0.4, -0.2) is 99.7 Å². The van der Waals surface area contributed by atoms with Gasteiger partial charge in [-0.25, -0.2) is 0 Å². The third kappa shape index (κ3) is 12.8. The van der Waals surface area contributed by atoms with Crippen molar-refractivity contribution in [2.75, 3.05) is 39.8 Å². The summed E-state index contributed by atoms with van der Waals surface area (Å²) in [6.45, 7) is 11.8. The van der Waals surface area contributed by atoms with Crippen molar-refractivity contribution in [2.45, 2.75) is 77.1 Å². The summed E-state index contributed by atoms with van der Waals surface area (Å²) in [7, 11) is 2.08. The Morgan fingerprint density at radius 2 is 1.68 bits per heavy atom. The van der Waals surface area contributed by atoms with Crippen molar-refractivity contribution in [1.29, 1.82) is 0 Å². The van der Waals surface area contributed by atoms with Crippen molar-refractivity contribution in [3.63, 3.8) is 0 Å². The molecular formula is C30H48N6O5. The van der Waals surface area contributed by atoms with E-state index in [0.717, 1.165) is 49.7 Å². The first-order chi connectivity index (χ1) is 19.4. The summed E-state index contributed by atoms with van der Waals surface area (Å²) in [5.41, 5.74) is 9.19. The number of hydrogen-bond acceptors (Lipinski definition) is 11. The molecule has 0 amide bonds. The number of rotatable bonds is 12. The van der Waals surface area contributed by atoms with E-state index in [2.05, 4.69) is 44.3 Å². The average Bonchev–Trinajstić information content (AvgIpc) is 3.22. The quantitative estimate of drug-likeness (QED) is 0.277. The molecule has 2 aromatic rings. The van der Waals surface area contributed by atoms with E-state index in [9.17, 15) is 0 Å². The molecule has 2 aliphatic rings. The minimum absolute atomic E-state index is 0.0530. The number of aliphatic hydroxyl groups is 2. The van der Waals surface area contributed by atoms with Crippen LogP contribution in [-0.2, 0) is 27.3 Å². The van der Waals surface area contributed by atoms with Crippen LogP contribution < -0.4 is 11.1 Å². The fourth-order valence-electron chi connectivity index (χ4n) is 4.72. The summed E-state index contributed by atoms with van der Waals surface area (Å²) in [4.78, 5) is 13.6. The Hall–Kier alpha value is -2.64. The number of nitrogens with two attached hydrogens (primary N) is 1. The molecule has 3 atom stereocenters. The first-order valence-corrected chi connectivity index (χ1v) is 14.2. The monoisotopic (exact) mass is 572 g/mol. The van der Waals surface area contributed by atoms with E-state index in [4.69, 9.17) is 30.2 Å². The van der Waals surface area contributed by atoms with Crippen molar-refractivity contribution >= 4 is 0 Å². The van der Waals surface area contributed by atoms with Gasteiger partial charge in [0.15, 0.2) is 11.6 Å². The van der Waals surface area contributed by atoms with Gasteiger partial charge < -0.3 is 35.5 Å². The molecule has 2 aliphatic heterocycles. The minimum atomic E-state index is -1.50. The van der Waals surface area contributed by atoms with Crippen LogP contribution in [0.15, 0.2) is 60.7 Å². The van der Waals surface area contributed by atoms with E-state index in [1.54, 1.807) is 0 Å². The van der Waals surface area contributed by atoms with Crippen molar-refractivity contribution in [2.24, 2.45) is 5.73 Å². The van der Waals surface area contributed by atoms with Crippen molar-refractivity contribution < 1.29 is 24.4 Å². The molecular weight excluding hydrogens is 524 g/mol. The smallest absolute Gasteiger partial charge is 0.163 e. The molecule has 3 unspecified atom stereocenters. The van der Waals surface area contributed by atoms with Crippen LogP contribution in [0.5, 0.6) is 0 Å². The number of hydrogen-bond donors (Lipinski definition) is 4. The fraction of sp³-hybridized carbons (Fsp3) is 0.600. The summed E-state index contributed by atoms with van der Waals surface area (Å²) in [6.07, 6.45) is 6.40. The normalized spacial score (nSPS) is 22.3. The average molecular weight is 573 g/mol. The van der Waals surface area contributed by atoms with Crippen LogP contribution in [0.25, 0.3) is 0 Å². The first-order valence-electron chi connectivity index (χ1n) is 14.2. The van der Waals surface area contributed by atoms with Crippen LogP contribution in [0.3, 0.4) is 0 Å². The molecule has 0 spiro atoms. The maximum atomic E-state index is 8.08. The van der Waals surface area contributed by atoms with E-state index >= 15 is 0 Å². The van der Waals surface area contributed by atoms with Crippen LogP contribution in [0, 0.1) is 0 Å². The fourth-order valence-corrected chi connectivity index (χ4v) is 4.72. The lowest BCUT2D eigenvalue weighted by atomic mass is 10.0. The topological polar surface area (TPSA) is 138 Å². The molecule has 4 heterocycles. The van der Waals surface area contributed by atoms with Gasteiger partial charge in [-0.15, -0.1) is 0 Å². The van der Waals surface area contributed by atoms with Gasteiger partial charge in [0.2, 0.25) is 0 Å². The minimum Gasteiger partial charge on any atom is -0.400 e. The van der Waals surface area contributed by atoms with Gasteiger partial charge in [0.1, 0.15) is 12.2 Å². The number of fused-ring (bicyclic) bond motifs is 1. The number of likely N-dealkylation sites (N-methyl/N-ethyl adjacent to an activating group) is 1. The molecule has 11 nitrogen and oxygen atoms in total. The number of nitrogens with one attached hydrogen (secondary N) is 1. The second-order valence-electron chi connectivity index (χ2n) is 11.5. The summed E-state index contributed by atoms with van der Waals surface area (Å²) in [5, 5.41) is 19.5. The molecule has 0 radical (unpaired) electrons. The standard InChI is InChI=1S/C27H40N6O3.C3H8O2/c1-27(2)35-24-10-15-34-25(26(24)36-27)17-29-16-21(28)18-32(3)13-14-33(19-22-8-4-6-11-30-22)20-23-9-5-7-12-31-23;1-3(2,4)5/h4-9,11-12,16,24-26,29H,10,13-15,17-20,28H2,1-3H3;4-5H,1-2H3/b21-16-;. The lowest BCUT2D eigenvalue weighted by Crippen LogP contribution is -2.47. The zero-order valence-corrected chi connectivity index (χ0v) is 25.1. The third-order valence-corrected chi connectivity index (χ3v) is 6.40. The molecule has 0 aliphatic carbocycles. The largest absolute Gasteiger partial charge is 0.400 e. The zero-order chi connectivity index (χ0) is 29.9. The lowest BCUT2D eigenvalue weighted by Gasteiger charge is -2.31. The highest BCUT2D eigenvalue weighted by atomic mass is 16.8. The van der Waals surface area contributed by atoms with Gasteiger partial charge >= 0.3 is 0 Å². The van der Waals surface area contributed by atoms with Gasteiger partial charge in [0, 0.05) is 70.2 Å².